The SMILES string of the molecule is CC[C@H](C)[C@H](NC(=O)[C@H](CO[C@@H]1O[C@H](CO)[C@@H](O)[C@H](O)[C@H]1NC(C)=O)NC(=O)CN=[N+]=[N-])C(=O)N[C@H](C(=O)N[C@H](C(=O)N[C@@H](CC(C)C)C(=O)[C@@]1(C)CO1)[C@@H](C)O)[C@@H](C)CC. The number of epoxide rings is 1. The molecule has 0 spiro atoms. The number of ether oxygens (including phenoxy) is 3. The van der Waals surface area contributed by atoms with Crippen molar-refractivity contribution in [2.45, 2.75) is 154 Å². The summed E-state index contributed by atoms with van der Waals surface area (Å²) in [7, 11) is 0. The van der Waals surface area contributed by atoms with Gasteiger partial charge in [0.2, 0.25) is 35.4 Å². The Bertz CT molecular complexity index is 1590. The molecule has 6 amide bonds. The summed E-state index contributed by atoms with van der Waals surface area (Å²) in [5.74, 6) is -6.57. The third kappa shape index (κ3) is 15.4. The molecule has 0 aromatic rings. The number of aliphatic hydroxyl groups excluding tert-OH is 4. The number of carbonyl (C=O) groups excluding carboxylic acids is 7. The molecule has 2 saturated heterocycles. The van der Waals surface area contributed by atoms with Crippen molar-refractivity contribution in [3.63, 3.8) is 0 Å². The fraction of sp³-hybridized carbons (Fsp3) is 0.816. The maximum atomic E-state index is 14.1. The summed E-state index contributed by atoms with van der Waals surface area (Å²) in [6, 6.07) is -8.21. The topological polar surface area (TPSA) is 352 Å². The second-order valence-corrected chi connectivity index (χ2v) is 16.3. The van der Waals surface area contributed by atoms with E-state index >= 15 is 0 Å². The van der Waals surface area contributed by atoms with E-state index in [-0.39, 0.29) is 24.7 Å². The van der Waals surface area contributed by atoms with Crippen molar-refractivity contribution < 1.29 is 68.2 Å². The molecule has 0 aromatic heterocycles. The number of aliphatic hydroxyl groups is 4. The van der Waals surface area contributed by atoms with Crippen molar-refractivity contribution in [1.82, 2.24) is 31.9 Å². The number of nitrogens with zero attached hydrogens (tertiary/aromatic N) is 3. The van der Waals surface area contributed by atoms with Crippen LogP contribution >= 0.6 is 0 Å². The van der Waals surface area contributed by atoms with Crippen molar-refractivity contribution in [1.29, 1.82) is 0 Å². The quantitative estimate of drug-likeness (QED) is 0.0197. The van der Waals surface area contributed by atoms with Gasteiger partial charge in [-0.05, 0) is 43.6 Å². The Labute approximate surface area is 354 Å². The molecule has 2 rings (SSSR count). The van der Waals surface area contributed by atoms with Crippen LogP contribution in [0, 0.1) is 17.8 Å². The third-order valence-electron chi connectivity index (χ3n) is 10.7. The minimum absolute atomic E-state index is 0.00566. The Kier molecular flexibility index (Phi) is 20.9. The smallest absolute Gasteiger partial charge is 0.245 e. The van der Waals surface area contributed by atoms with Crippen LogP contribution < -0.4 is 31.9 Å². The molecule has 23 nitrogen and oxygen atoms in total. The van der Waals surface area contributed by atoms with Gasteiger partial charge in [0.15, 0.2) is 12.1 Å². The van der Waals surface area contributed by atoms with Crippen LogP contribution in [-0.2, 0) is 47.8 Å². The molecule has 346 valence electrons. The molecule has 2 aliphatic rings. The zero-order valence-electron chi connectivity index (χ0n) is 36.2. The van der Waals surface area contributed by atoms with E-state index in [2.05, 4.69) is 41.9 Å². The van der Waals surface area contributed by atoms with Crippen molar-refractivity contribution in [2.75, 3.05) is 26.4 Å². The van der Waals surface area contributed by atoms with Gasteiger partial charge in [-0.2, -0.15) is 0 Å². The maximum Gasteiger partial charge on any atom is 0.245 e. The highest BCUT2D eigenvalue weighted by Gasteiger charge is 2.51. The first-order chi connectivity index (χ1) is 28.5. The number of hydrogen-bond acceptors (Lipinski definition) is 15. The van der Waals surface area contributed by atoms with E-state index in [0.717, 1.165) is 6.92 Å². The first-order valence-corrected chi connectivity index (χ1v) is 20.4. The molecule has 0 aromatic carbocycles. The number of rotatable bonds is 25. The zero-order chi connectivity index (χ0) is 46.4. The van der Waals surface area contributed by atoms with E-state index in [1.807, 2.05) is 13.8 Å². The van der Waals surface area contributed by atoms with E-state index in [1.54, 1.807) is 34.6 Å². The van der Waals surface area contributed by atoms with Gasteiger partial charge in [-0.1, -0.05) is 59.5 Å². The Balaban J connectivity index is 2.36. The second kappa shape index (κ2) is 24.2. The van der Waals surface area contributed by atoms with Gasteiger partial charge in [-0.25, -0.2) is 0 Å². The minimum atomic E-state index is -1.69. The highest BCUT2D eigenvalue weighted by molar-refractivity contribution is 5.99. The molecule has 0 radical (unpaired) electrons. The lowest BCUT2D eigenvalue weighted by Gasteiger charge is -2.42. The van der Waals surface area contributed by atoms with E-state index in [1.165, 1.54) is 6.92 Å². The van der Waals surface area contributed by atoms with Crippen molar-refractivity contribution >= 4 is 41.2 Å². The van der Waals surface area contributed by atoms with Crippen LogP contribution in [-0.4, -0.2) is 161 Å². The fourth-order valence-electron chi connectivity index (χ4n) is 6.46. The van der Waals surface area contributed by atoms with Gasteiger partial charge in [-0.3, -0.25) is 33.6 Å². The average Bonchev–Trinajstić information content (AvgIpc) is 3.96. The fourth-order valence-corrected chi connectivity index (χ4v) is 6.46. The van der Waals surface area contributed by atoms with Crippen molar-refractivity contribution in [3.8, 4) is 0 Å². The summed E-state index contributed by atoms with van der Waals surface area (Å²) in [4.78, 5) is 95.7. The molecule has 10 N–H and O–H groups in total. The Morgan fingerprint density at radius 1 is 0.836 bits per heavy atom. The molecule has 23 heteroatoms. The van der Waals surface area contributed by atoms with E-state index in [9.17, 15) is 54.0 Å². The number of amides is 6. The van der Waals surface area contributed by atoms with Gasteiger partial charge in [-0.15, -0.1) is 0 Å². The van der Waals surface area contributed by atoms with Crippen LogP contribution in [0.4, 0.5) is 0 Å². The van der Waals surface area contributed by atoms with Crippen molar-refractivity contribution in [2.24, 2.45) is 22.9 Å². The van der Waals surface area contributed by atoms with Gasteiger partial charge < -0.3 is 66.5 Å². The molecule has 2 aliphatic heterocycles. The number of hydrogen-bond donors (Lipinski definition) is 10. The predicted octanol–water partition coefficient (Wildman–Crippen LogP) is -2.44. The first kappa shape index (κ1) is 52.7. The Hall–Kier alpha value is -4.48. The normalized spacial score (nSPS) is 26.0. The molecule has 0 aliphatic carbocycles. The van der Waals surface area contributed by atoms with Gasteiger partial charge in [0.1, 0.15) is 60.7 Å². The number of carbonyl (C=O) groups is 7. The van der Waals surface area contributed by atoms with E-state index in [4.69, 9.17) is 19.7 Å². The lowest BCUT2D eigenvalue weighted by molar-refractivity contribution is -0.271. The van der Waals surface area contributed by atoms with Crippen LogP contribution in [0.2, 0.25) is 0 Å². The summed E-state index contributed by atoms with van der Waals surface area (Å²) in [6.45, 7) is 12.5. The first-order valence-electron chi connectivity index (χ1n) is 20.4. The van der Waals surface area contributed by atoms with E-state index < -0.39 is 140 Å². The lowest BCUT2D eigenvalue weighted by Crippen LogP contribution is -2.65. The summed E-state index contributed by atoms with van der Waals surface area (Å²) in [6.07, 6.45) is -6.75. The molecular weight excluding hydrogens is 806 g/mol. The monoisotopic (exact) mass is 871 g/mol. The molecule has 0 saturated carbocycles. The largest absolute Gasteiger partial charge is 0.394 e. The minimum Gasteiger partial charge on any atom is -0.394 e. The maximum absolute atomic E-state index is 14.1. The number of Topliss-reactive ketones (excluding diaryl/α,β-unsaturated/α-hetero) is 1. The van der Waals surface area contributed by atoms with E-state index in [0.29, 0.717) is 12.8 Å². The van der Waals surface area contributed by atoms with Gasteiger partial charge in [0.25, 0.3) is 0 Å². The van der Waals surface area contributed by atoms with Gasteiger partial charge >= 0.3 is 0 Å². The van der Waals surface area contributed by atoms with Crippen LogP contribution in [0.3, 0.4) is 0 Å². The van der Waals surface area contributed by atoms with Crippen LogP contribution in [0.5, 0.6) is 0 Å². The predicted molar refractivity (Wildman–Crippen MR) is 214 cm³/mol. The van der Waals surface area contributed by atoms with Crippen LogP contribution in [0.1, 0.15) is 81.6 Å². The highest BCUT2D eigenvalue weighted by Crippen LogP contribution is 2.30. The summed E-state index contributed by atoms with van der Waals surface area (Å²) in [5, 5.41) is 59.7. The molecule has 2 heterocycles. The summed E-state index contributed by atoms with van der Waals surface area (Å²) in [5.41, 5.74) is 7.67. The molecular formula is C38H65N9O14. The van der Waals surface area contributed by atoms with Gasteiger partial charge in [0, 0.05) is 11.8 Å². The molecule has 14 atom stereocenters. The Morgan fingerprint density at radius 2 is 1.36 bits per heavy atom. The molecule has 0 unspecified atom stereocenters. The summed E-state index contributed by atoms with van der Waals surface area (Å²) < 4.78 is 16.6. The third-order valence-corrected chi connectivity index (χ3v) is 10.7. The average molecular weight is 872 g/mol. The number of azide groups is 1. The standard InChI is InChI=1S/C38H65N9O14/c1-10-18(5)26(44-33(55)23(42-25(51)13-40-47-39)15-59-37-29(41-21(8)50)31(53)30(52)24(14-48)61-37)34(56)45-27(19(6)11-2)35(57)46-28(20(7)49)36(58)43-22(12-17(3)4)32(54)38(9)16-60-38/h17-20,22-24,26-31,37,48-49,52-53H,10-16H2,1-9H3,(H,41,50)(H,42,51)(H,43,58)(H,44,55)(H,45,56)(H,46,57)/t18-,19-,20+,22-,23-,24+,26-,27-,28-,29+,30+,31+,37+,38+/m0/s1. The molecule has 61 heavy (non-hydrogen) atoms. The lowest BCUT2D eigenvalue weighted by atomic mass is 9.93. The highest BCUT2D eigenvalue weighted by atomic mass is 16.7. The second-order valence-electron chi connectivity index (χ2n) is 16.3. The number of ketones is 1. The van der Waals surface area contributed by atoms with Crippen molar-refractivity contribution in [3.05, 3.63) is 10.4 Å². The van der Waals surface area contributed by atoms with Crippen LogP contribution in [0.15, 0.2) is 5.11 Å². The zero-order valence-corrected chi connectivity index (χ0v) is 36.2. The Morgan fingerprint density at radius 3 is 1.82 bits per heavy atom. The summed E-state index contributed by atoms with van der Waals surface area (Å²) >= 11 is 0. The number of nitrogens with one attached hydrogen (secondary N) is 6. The van der Waals surface area contributed by atoms with Crippen LogP contribution in [0.25, 0.3) is 10.4 Å². The van der Waals surface area contributed by atoms with Gasteiger partial charge in [0.05, 0.1) is 32.0 Å². The molecule has 0 bridgehead atoms. The molecule has 2 fully saturated rings.